The molecule has 0 saturated carbocycles. The molecule has 5 rings (SSSR count). The largest absolute Gasteiger partial charge is 0.479 e. The molecule has 1 unspecified atom stereocenters. The summed E-state index contributed by atoms with van der Waals surface area (Å²) in [5.41, 5.74) is 1.93. The van der Waals surface area contributed by atoms with Crippen LogP contribution in [0, 0.1) is 24.4 Å². The zero-order valence-corrected chi connectivity index (χ0v) is 18.5. The summed E-state index contributed by atoms with van der Waals surface area (Å²) in [5, 5.41) is 4.44. The molecule has 10 heteroatoms. The van der Waals surface area contributed by atoms with Crippen LogP contribution in [-0.2, 0) is 6.54 Å². The molecule has 0 amide bonds. The van der Waals surface area contributed by atoms with E-state index in [-0.39, 0.29) is 5.56 Å². The lowest BCUT2D eigenvalue weighted by atomic mass is 9.90. The van der Waals surface area contributed by atoms with Crippen LogP contribution < -0.4 is 4.74 Å². The number of ether oxygens (including phenoxy) is 1. The second-order valence-corrected chi connectivity index (χ2v) is 8.02. The summed E-state index contributed by atoms with van der Waals surface area (Å²) in [6.07, 6.45) is 8.05. The molecule has 1 atom stereocenters. The highest BCUT2D eigenvalue weighted by Crippen LogP contribution is 2.36. The molecule has 7 nitrogen and oxygen atoms in total. The van der Waals surface area contributed by atoms with Gasteiger partial charge >= 0.3 is 0 Å². The van der Waals surface area contributed by atoms with E-state index in [4.69, 9.17) is 4.74 Å². The second-order valence-electron chi connectivity index (χ2n) is 8.02. The first-order valence-electron chi connectivity index (χ1n) is 10.8. The summed E-state index contributed by atoms with van der Waals surface area (Å²) >= 11 is 0. The molecule has 0 N–H and O–H groups in total. The minimum Gasteiger partial charge on any atom is -0.479 e. The molecule has 34 heavy (non-hydrogen) atoms. The van der Waals surface area contributed by atoms with Gasteiger partial charge in [-0.1, -0.05) is 0 Å². The molecule has 1 aliphatic rings. The van der Waals surface area contributed by atoms with Gasteiger partial charge in [0, 0.05) is 24.2 Å². The number of rotatable bonds is 5. The summed E-state index contributed by atoms with van der Waals surface area (Å²) in [6.45, 7) is 2.46. The number of fused-ring (bicyclic) bond motifs is 1. The van der Waals surface area contributed by atoms with Crippen molar-refractivity contribution in [2.24, 2.45) is 0 Å². The Hall–Kier alpha value is -3.95. The van der Waals surface area contributed by atoms with Crippen molar-refractivity contribution in [3.8, 4) is 11.6 Å². The van der Waals surface area contributed by atoms with Crippen LogP contribution in [0.15, 0.2) is 36.8 Å². The second kappa shape index (κ2) is 8.77. The summed E-state index contributed by atoms with van der Waals surface area (Å²) in [7, 11) is 1.54. The van der Waals surface area contributed by atoms with Gasteiger partial charge in [0.15, 0.2) is 17.5 Å². The number of halogens is 3. The maximum absolute atomic E-state index is 14.4. The predicted molar refractivity (Wildman–Crippen MR) is 119 cm³/mol. The van der Waals surface area contributed by atoms with Crippen LogP contribution in [0.3, 0.4) is 0 Å². The lowest BCUT2D eigenvalue weighted by Gasteiger charge is -2.23. The number of pyridine rings is 1. The van der Waals surface area contributed by atoms with Gasteiger partial charge in [0.05, 0.1) is 24.8 Å². The molecule has 0 fully saturated rings. The van der Waals surface area contributed by atoms with Crippen LogP contribution in [-0.4, -0.2) is 36.4 Å². The zero-order valence-electron chi connectivity index (χ0n) is 18.5. The third-order valence-corrected chi connectivity index (χ3v) is 5.77. The van der Waals surface area contributed by atoms with Crippen molar-refractivity contribution in [2.75, 3.05) is 7.11 Å². The van der Waals surface area contributed by atoms with Gasteiger partial charge in [-0.15, -0.1) is 0 Å². The minimum atomic E-state index is -1.18. The van der Waals surface area contributed by atoms with Gasteiger partial charge in [-0.2, -0.15) is 5.10 Å². The Balaban J connectivity index is 1.44. The summed E-state index contributed by atoms with van der Waals surface area (Å²) < 4.78 is 51.5. The highest BCUT2D eigenvalue weighted by Gasteiger charge is 2.31. The third kappa shape index (κ3) is 3.95. The van der Waals surface area contributed by atoms with Crippen LogP contribution in [0.4, 0.5) is 13.2 Å². The van der Waals surface area contributed by atoms with Crippen LogP contribution in [0.25, 0.3) is 17.8 Å². The molecular weight excluding hydrogens is 445 g/mol. The van der Waals surface area contributed by atoms with Crippen molar-refractivity contribution >= 4 is 12.2 Å². The number of hydrogen-bond donors (Lipinski definition) is 0. The Labute approximate surface area is 193 Å². The molecule has 0 spiro atoms. The van der Waals surface area contributed by atoms with E-state index in [1.54, 1.807) is 30.3 Å². The normalized spacial score (nSPS) is 15.6. The summed E-state index contributed by atoms with van der Waals surface area (Å²) in [4.78, 5) is 13.2. The van der Waals surface area contributed by atoms with E-state index < -0.39 is 23.4 Å². The Morgan fingerprint density at radius 1 is 1.06 bits per heavy atom. The number of imidazole rings is 1. The van der Waals surface area contributed by atoms with Crippen molar-refractivity contribution in [3.63, 3.8) is 0 Å². The lowest BCUT2D eigenvalue weighted by Crippen LogP contribution is -2.20. The number of aryl methyl sites for hydroxylation is 2. The Kier molecular flexibility index (Phi) is 5.64. The highest BCUT2D eigenvalue weighted by molar-refractivity contribution is 5.65. The van der Waals surface area contributed by atoms with Gasteiger partial charge in [-0.25, -0.2) is 32.8 Å². The molecule has 0 aliphatic carbocycles. The molecule has 3 aromatic heterocycles. The first-order valence-corrected chi connectivity index (χ1v) is 10.8. The van der Waals surface area contributed by atoms with Crippen LogP contribution >= 0.6 is 0 Å². The number of hydrogen-bond acceptors (Lipinski definition) is 5. The predicted octanol–water partition coefficient (Wildman–Crippen LogP) is 4.69. The van der Waals surface area contributed by atoms with Crippen molar-refractivity contribution in [2.45, 2.75) is 32.2 Å². The number of benzene rings is 1. The zero-order chi connectivity index (χ0) is 23.8. The molecule has 0 saturated heterocycles. The average molecular weight is 466 g/mol. The monoisotopic (exact) mass is 466 g/mol. The van der Waals surface area contributed by atoms with E-state index in [2.05, 4.69) is 20.1 Å². The van der Waals surface area contributed by atoms with Crippen LogP contribution in [0.2, 0.25) is 0 Å². The standard InChI is InChI=1S/C24H21F3N6O/c1-14-12-32(13-28-14)19-9-5-15(29-24(19)34-2)6-10-20-30-23-16(4-3-11-33(23)31-20)21-17(25)7-8-18(26)22(21)27/h5-10,12-13,16H,3-4,11H2,1-2H3. The average Bonchev–Trinajstić information content (AvgIpc) is 3.46. The van der Waals surface area contributed by atoms with Gasteiger partial charge in [0.2, 0.25) is 5.88 Å². The SMILES string of the molecule is COc1nc(C=Cc2nc3n(n2)CCCC3c2c(F)ccc(F)c2F)ccc1-n1cnc(C)c1. The highest BCUT2D eigenvalue weighted by atomic mass is 19.2. The van der Waals surface area contributed by atoms with Crippen LogP contribution in [0.1, 0.15) is 47.4 Å². The number of nitrogens with zero attached hydrogens (tertiary/aromatic N) is 6. The van der Waals surface area contributed by atoms with Crippen molar-refractivity contribution in [1.82, 2.24) is 29.3 Å². The third-order valence-electron chi connectivity index (χ3n) is 5.77. The summed E-state index contributed by atoms with van der Waals surface area (Å²) in [5.74, 6) is -2.56. The summed E-state index contributed by atoms with van der Waals surface area (Å²) in [6, 6.07) is 5.41. The Morgan fingerprint density at radius 2 is 1.88 bits per heavy atom. The molecule has 0 radical (unpaired) electrons. The van der Waals surface area contributed by atoms with Gasteiger partial charge in [0.1, 0.15) is 17.3 Å². The van der Waals surface area contributed by atoms with Gasteiger partial charge in [0.25, 0.3) is 0 Å². The fraction of sp³-hybridized carbons (Fsp3) is 0.250. The maximum atomic E-state index is 14.4. The molecule has 4 heterocycles. The van der Waals surface area contributed by atoms with E-state index in [0.717, 1.165) is 23.5 Å². The molecule has 1 aliphatic heterocycles. The number of aromatic nitrogens is 6. The van der Waals surface area contributed by atoms with Crippen molar-refractivity contribution in [1.29, 1.82) is 0 Å². The van der Waals surface area contributed by atoms with E-state index in [9.17, 15) is 13.2 Å². The van der Waals surface area contributed by atoms with Crippen LogP contribution in [0.5, 0.6) is 5.88 Å². The van der Waals surface area contributed by atoms with E-state index in [1.807, 2.05) is 29.8 Å². The molecule has 1 aromatic carbocycles. The molecule has 174 valence electrons. The fourth-order valence-electron chi connectivity index (χ4n) is 4.18. The van der Waals surface area contributed by atoms with Gasteiger partial charge in [-0.05, 0) is 56.2 Å². The van der Waals surface area contributed by atoms with E-state index in [1.165, 1.54) is 0 Å². The first kappa shape index (κ1) is 21.9. The Bertz CT molecular complexity index is 1390. The van der Waals surface area contributed by atoms with Gasteiger partial charge in [-0.3, -0.25) is 0 Å². The quantitative estimate of drug-likeness (QED) is 0.399. The molecular formula is C24H21F3N6O. The molecule has 4 aromatic rings. The van der Waals surface area contributed by atoms with E-state index >= 15 is 0 Å². The fourth-order valence-corrected chi connectivity index (χ4v) is 4.18. The van der Waals surface area contributed by atoms with Crippen molar-refractivity contribution < 1.29 is 17.9 Å². The maximum Gasteiger partial charge on any atom is 0.238 e. The topological polar surface area (TPSA) is 70.7 Å². The lowest BCUT2D eigenvalue weighted by molar-refractivity contribution is 0.395. The minimum absolute atomic E-state index is 0.305. The Morgan fingerprint density at radius 3 is 2.65 bits per heavy atom. The van der Waals surface area contributed by atoms with Crippen molar-refractivity contribution in [3.05, 3.63) is 82.8 Å². The van der Waals surface area contributed by atoms with Gasteiger partial charge < -0.3 is 9.30 Å². The van der Waals surface area contributed by atoms with E-state index in [0.29, 0.717) is 42.6 Å². The molecule has 0 bridgehead atoms. The first-order chi connectivity index (χ1) is 16.4. The number of methoxy groups -OCH3 is 1. The smallest absolute Gasteiger partial charge is 0.238 e.